The van der Waals surface area contributed by atoms with Crippen molar-refractivity contribution in [2.45, 2.75) is 70.4 Å². The second-order valence-electron chi connectivity index (χ2n) is 7.30. The van der Waals surface area contributed by atoms with Crippen LogP contribution in [0.2, 0.25) is 0 Å². The van der Waals surface area contributed by atoms with Crippen molar-refractivity contribution < 1.29 is 0 Å². The van der Waals surface area contributed by atoms with Crippen molar-refractivity contribution in [3.63, 3.8) is 0 Å². The van der Waals surface area contributed by atoms with Crippen molar-refractivity contribution in [1.29, 1.82) is 0 Å². The Balaban J connectivity index is 1.75. The molecule has 3 fully saturated rings. The minimum atomic E-state index is 0.405. The fourth-order valence-electron chi connectivity index (χ4n) is 3.91. The molecule has 2 nitrogen and oxygen atoms in total. The minimum Gasteiger partial charge on any atom is -0.308 e. The molecular formula is C16H30N2. The summed E-state index contributed by atoms with van der Waals surface area (Å²) in [6.45, 7) is 11.1. The van der Waals surface area contributed by atoms with E-state index in [0.29, 0.717) is 11.1 Å². The Morgan fingerprint density at radius 2 is 1.78 bits per heavy atom. The average molecular weight is 250 g/mol. The number of nitrogens with zero attached hydrogens (tertiary/aromatic N) is 1. The first-order chi connectivity index (χ1) is 8.62. The summed E-state index contributed by atoms with van der Waals surface area (Å²) in [6, 6.07) is 0. The maximum Gasteiger partial charge on any atom is 0.0329 e. The molecule has 0 aromatic rings. The number of rotatable bonds is 5. The molecule has 0 bridgehead atoms. The van der Waals surface area contributed by atoms with Crippen molar-refractivity contribution >= 4 is 0 Å². The summed E-state index contributed by atoms with van der Waals surface area (Å²) in [5, 5.41) is 3.93. The van der Waals surface area contributed by atoms with Gasteiger partial charge in [0.25, 0.3) is 0 Å². The SMILES string of the molecule is CCC1(CC)CNC(C)(C2CC2)CN1CC1CC1. The summed E-state index contributed by atoms with van der Waals surface area (Å²) in [4.78, 5) is 2.87. The van der Waals surface area contributed by atoms with Crippen molar-refractivity contribution in [3.05, 3.63) is 0 Å². The van der Waals surface area contributed by atoms with E-state index in [0.717, 1.165) is 11.8 Å². The van der Waals surface area contributed by atoms with Gasteiger partial charge in [-0.3, -0.25) is 4.90 Å². The van der Waals surface area contributed by atoms with Gasteiger partial charge in [-0.15, -0.1) is 0 Å². The normalized spacial score (nSPS) is 36.8. The van der Waals surface area contributed by atoms with Crippen molar-refractivity contribution in [2.75, 3.05) is 19.6 Å². The zero-order chi connectivity index (χ0) is 12.8. The summed E-state index contributed by atoms with van der Waals surface area (Å²) in [5.41, 5.74) is 0.847. The molecule has 0 aromatic heterocycles. The highest BCUT2D eigenvalue weighted by Crippen LogP contribution is 2.44. The van der Waals surface area contributed by atoms with Crippen molar-refractivity contribution in [3.8, 4) is 0 Å². The maximum atomic E-state index is 3.93. The Kier molecular flexibility index (Phi) is 3.22. The molecule has 2 heteroatoms. The lowest BCUT2D eigenvalue weighted by atomic mass is 9.81. The Labute approximate surface area is 113 Å². The van der Waals surface area contributed by atoms with E-state index < -0.39 is 0 Å². The van der Waals surface area contributed by atoms with Gasteiger partial charge in [0, 0.05) is 30.7 Å². The van der Waals surface area contributed by atoms with Gasteiger partial charge in [0.15, 0.2) is 0 Å². The Morgan fingerprint density at radius 3 is 2.28 bits per heavy atom. The highest BCUT2D eigenvalue weighted by molar-refractivity contribution is 5.08. The van der Waals surface area contributed by atoms with Crippen LogP contribution in [-0.4, -0.2) is 35.6 Å². The first-order valence-corrected chi connectivity index (χ1v) is 8.12. The molecule has 0 aromatic carbocycles. The lowest BCUT2D eigenvalue weighted by Gasteiger charge is -2.54. The summed E-state index contributed by atoms with van der Waals surface area (Å²) in [7, 11) is 0. The summed E-state index contributed by atoms with van der Waals surface area (Å²) in [5.74, 6) is 1.97. The van der Waals surface area contributed by atoms with Gasteiger partial charge in [0.2, 0.25) is 0 Å². The molecule has 1 atom stereocenters. The molecule has 0 spiro atoms. The molecule has 1 saturated heterocycles. The van der Waals surface area contributed by atoms with Crippen molar-refractivity contribution in [2.24, 2.45) is 11.8 Å². The fourth-order valence-corrected chi connectivity index (χ4v) is 3.91. The molecule has 0 radical (unpaired) electrons. The van der Waals surface area contributed by atoms with Gasteiger partial charge in [-0.1, -0.05) is 13.8 Å². The third-order valence-electron chi connectivity index (χ3n) is 5.98. The molecule has 18 heavy (non-hydrogen) atoms. The van der Waals surface area contributed by atoms with Crippen LogP contribution < -0.4 is 5.32 Å². The van der Waals surface area contributed by atoms with Crippen LogP contribution in [0.5, 0.6) is 0 Å². The molecule has 1 unspecified atom stereocenters. The van der Waals surface area contributed by atoms with Gasteiger partial charge in [-0.05, 0) is 57.3 Å². The molecule has 0 amide bonds. The van der Waals surface area contributed by atoms with E-state index in [2.05, 4.69) is 31.0 Å². The minimum absolute atomic E-state index is 0.405. The monoisotopic (exact) mass is 250 g/mol. The van der Waals surface area contributed by atoms with Crippen LogP contribution in [0.25, 0.3) is 0 Å². The van der Waals surface area contributed by atoms with Gasteiger partial charge < -0.3 is 5.32 Å². The van der Waals surface area contributed by atoms with E-state index in [1.54, 1.807) is 0 Å². The topological polar surface area (TPSA) is 15.3 Å². The summed E-state index contributed by atoms with van der Waals surface area (Å²) < 4.78 is 0. The second-order valence-corrected chi connectivity index (χ2v) is 7.30. The van der Waals surface area contributed by atoms with Crippen LogP contribution in [-0.2, 0) is 0 Å². The number of hydrogen-bond donors (Lipinski definition) is 1. The molecule has 1 heterocycles. The molecule has 1 N–H and O–H groups in total. The molecular weight excluding hydrogens is 220 g/mol. The van der Waals surface area contributed by atoms with E-state index in [9.17, 15) is 0 Å². The van der Waals surface area contributed by atoms with Gasteiger partial charge in [-0.25, -0.2) is 0 Å². The van der Waals surface area contributed by atoms with E-state index in [1.807, 2.05) is 0 Å². The highest BCUT2D eigenvalue weighted by atomic mass is 15.3. The van der Waals surface area contributed by atoms with E-state index >= 15 is 0 Å². The second kappa shape index (κ2) is 4.49. The zero-order valence-corrected chi connectivity index (χ0v) is 12.5. The molecule has 3 aliphatic rings. The van der Waals surface area contributed by atoms with Crippen LogP contribution in [0.15, 0.2) is 0 Å². The molecule has 2 aliphatic carbocycles. The highest BCUT2D eigenvalue weighted by Gasteiger charge is 2.50. The largest absolute Gasteiger partial charge is 0.308 e. The number of nitrogens with one attached hydrogen (secondary N) is 1. The molecule has 3 rings (SSSR count). The van der Waals surface area contributed by atoms with Gasteiger partial charge in [-0.2, -0.15) is 0 Å². The lowest BCUT2D eigenvalue weighted by Crippen LogP contribution is -2.69. The van der Waals surface area contributed by atoms with Crippen LogP contribution in [0.4, 0.5) is 0 Å². The average Bonchev–Trinajstić information content (AvgIpc) is 3.23. The van der Waals surface area contributed by atoms with Crippen LogP contribution >= 0.6 is 0 Å². The van der Waals surface area contributed by atoms with E-state index in [-0.39, 0.29) is 0 Å². The third kappa shape index (κ3) is 2.22. The summed E-state index contributed by atoms with van der Waals surface area (Å²) in [6.07, 6.45) is 8.45. The van der Waals surface area contributed by atoms with Gasteiger partial charge >= 0.3 is 0 Å². The predicted molar refractivity (Wildman–Crippen MR) is 76.7 cm³/mol. The molecule has 104 valence electrons. The Bertz CT molecular complexity index is 302. The first-order valence-electron chi connectivity index (χ1n) is 8.12. The summed E-state index contributed by atoms with van der Waals surface area (Å²) >= 11 is 0. The van der Waals surface area contributed by atoms with Crippen molar-refractivity contribution in [1.82, 2.24) is 10.2 Å². The molecule has 2 saturated carbocycles. The zero-order valence-electron chi connectivity index (χ0n) is 12.5. The van der Waals surface area contributed by atoms with Crippen LogP contribution in [0, 0.1) is 11.8 Å². The maximum absolute atomic E-state index is 3.93. The lowest BCUT2D eigenvalue weighted by molar-refractivity contribution is -0.00655. The Hall–Kier alpha value is -0.0800. The Morgan fingerprint density at radius 1 is 1.11 bits per heavy atom. The molecule has 1 aliphatic heterocycles. The standard InChI is InChI=1S/C16H30N2/c1-4-16(5-2)11-17-15(3,14-8-9-14)12-18(16)10-13-6-7-13/h13-14,17H,4-12H2,1-3H3. The van der Waals surface area contributed by atoms with Gasteiger partial charge in [0.05, 0.1) is 0 Å². The first kappa shape index (κ1) is 12.9. The van der Waals surface area contributed by atoms with Crippen LogP contribution in [0.1, 0.15) is 59.3 Å². The van der Waals surface area contributed by atoms with Crippen LogP contribution in [0.3, 0.4) is 0 Å². The predicted octanol–water partition coefficient (Wildman–Crippen LogP) is 3.03. The third-order valence-corrected chi connectivity index (χ3v) is 5.98. The number of hydrogen-bond acceptors (Lipinski definition) is 2. The number of piperazine rings is 1. The fraction of sp³-hybridized carbons (Fsp3) is 1.00. The van der Waals surface area contributed by atoms with Gasteiger partial charge in [0.1, 0.15) is 0 Å². The van der Waals surface area contributed by atoms with E-state index in [4.69, 9.17) is 0 Å². The van der Waals surface area contributed by atoms with E-state index in [1.165, 1.54) is 58.2 Å². The quantitative estimate of drug-likeness (QED) is 0.807. The smallest absolute Gasteiger partial charge is 0.0329 e.